The number of likely N-dealkylation sites (N-methyl/N-ethyl adjacent to an activating group) is 1. The number of carbonyl (C=O) groups is 3. The summed E-state index contributed by atoms with van der Waals surface area (Å²) in [5, 5.41) is 11.2. The van der Waals surface area contributed by atoms with E-state index in [9.17, 15) is 14.4 Å². The molecule has 0 spiro atoms. The van der Waals surface area contributed by atoms with E-state index in [2.05, 4.69) is 5.32 Å². The monoisotopic (exact) mass is 251 g/mol. The van der Waals surface area contributed by atoms with Crippen LogP contribution in [-0.2, 0) is 4.79 Å². The molecule has 0 radical (unpaired) electrons. The van der Waals surface area contributed by atoms with Crippen LogP contribution in [0.1, 0.15) is 10.4 Å². The molecule has 1 aromatic carbocycles. The van der Waals surface area contributed by atoms with Crippen LogP contribution in [0.25, 0.3) is 0 Å². The maximum absolute atomic E-state index is 11.6. The number of hydrogen-bond donors (Lipinski definition) is 3. The van der Waals surface area contributed by atoms with Crippen LogP contribution in [0, 0.1) is 0 Å². The molecule has 1 rings (SSSR count). The Labute approximate surface area is 103 Å². The quantitative estimate of drug-likeness (QED) is 0.715. The fourth-order valence-electron chi connectivity index (χ4n) is 1.22. The summed E-state index contributed by atoms with van der Waals surface area (Å²) in [5.74, 6) is -1.66. The van der Waals surface area contributed by atoms with Gasteiger partial charge in [-0.3, -0.25) is 4.79 Å². The van der Waals surface area contributed by atoms with Crippen LogP contribution in [-0.4, -0.2) is 41.5 Å². The first-order valence-electron chi connectivity index (χ1n) is 5.04. The van der Waals surface area contributed by atoms with Gasteiger partial charge in [0.1, 0.15) is 6.54 Å². The average Bonchev–Trinajstić information content (AvgIpc) is 2.28. The summed E-state index contributed by atoms with van der Waals surface area (Å²) >= 11 is 0. The third-order valence-electron chi connectivity index (χ3n) is 2.12. The summed E-state index contributed by atoms with van der Waals surface area (Å²) in [5.41, 5.74) is 5.51. The zero-order valence-corrected chi connectivity index (χ0v) is 9.71. The minimum absolute atomic E-state index is 0.124. The number of rotatable bonds is 4. The number of nitrogens with zero attached hydrogens (tertiary/aromatic N) is 1. The highest BCUT2D eigenvalue weighted by molar-refractivity contribution is 5.93. The molecule has 3 amide bonds. The molecule has 0 saturated heterocycles. The molecule has 0 saturated carbocycles. The number of urea groups is 1. The number of nitrogens with two attached hydrogens (primary N) is 1. The van der Waals surface area contributed by atoms with Crippen LogP contribution in [0.3, 0.4) is 0 Å². The maximum Gasteiger partial charge on any atom is 0.335 e. The lowest BCUT2D eigenvalue weighted by atomic mass is 10.2. The molecule has 0 bridgehead atoms. The third kappa shape index (κ3) is 3.78. The van der Waals surface area contributed by atoms with E-state index in [0.29, 0.717) is 5.69 Å². The van der Waals surface area contributed by atoms with Crippen LogP contribution in [0.15, 0.2) is 24.3 Å². The molecule has 18 heavy (non-hydrogen) atoms. The van der Waals surface area contributed by atoms with E-state index in [-0.39, 0.29) is 12.1 Å². The molecule has 7 nitrogen and oxygen atoms in total. The summed E-state index contributed by atoms with van der Waals surface area (Å²) in [6.45, 7) is -0.195. The molecular weight excluding hydrogens is 238 g/mol. The van der Waals surface area contributed by atoms with Gasteiger partial charge in [-0.25, -0.2) is 9.59 Å². The highest BCUT2D eigenvalue weighted by Gasteiger charge is 2.11. The minimum atomic E-state index is -1.04. The van der Waals surface area contributed by atoms with E-state index in [1.165, 1.54) is 31.3 Å². The Balaban J connectivity index is 2.64. The molecule has 0 aromatic heterocycles. The van der Waals surface area contributed by atoms with Crippen molar-refractivity contribution in [2.75, 3.05) is 18.9 Å². The summed E-state index contributed by atoms with van der Waals surface area (Å²) in [7, 11) is 1.42. The second-order valence-corrected chi connectivity index (χ2v) is 3.64. The van der Waals surface area contributed by atoms with Crippen molar-refractivity contribution in [3.63, 3.8) is 0 Å². The molecule has 0 unspecified atom stereocenters. The zero-order valence-electron chi connectivity index (χ0n) is 9.71. The molecule has 0 aliphatic rings. The van der Waals surface area contributed by atoms with Gasteiger partial charge in [-0.2, -0.15) is 0 Å². The van der Waals surface area contributed by atoms with E-state index in [0.717, 1.165) is 4.90 Å². The summed E-state index contributed by atoms with van der Waals surface area (Å²) in [4.78, 5) is 33.9. The Morgan fingerprint density at radius 2 is 1.83 bits per heavy atom. The average molecular weight is 251 g/mol. The van der Waals surface area contributed by atoms with Gasteiger partial charge in [-0.1, -0.05) is 0 Å². The van der Waals surface area contributed by atoms with Crippen molar-refractivity contribution in [3.8, 4) is 0 Å². The van der Waals surface area contributed by atoms with E-state index < -0.39 is 17.9 Å². The molecule has 0 heterocycles. The van der Waals surface area contributed by atoms with E-state index in [1.54, 1.807) is 0 Å². The van der Waals surface area contributed by atoms with Gasteiger partial charge in [-0.15, -0.1) is 0 Å². The number of nitrogens with one attached hydrogen (secondary N) is 1. The normalized spacial score (nSPS) is 9.61. The van der Waals surface area contributed by atoms with Crippen molar-refractivity contribution in [2.24, 2.45) is 5.73 Å². The number of anilines is 1. The van der Waals surface area contributed by atoms with Crippen LogP contribution in [0.5, 0.6) is 0 Å². The summed E-state index contributed by atoms with van der Waals surface area (Å²) < 4.78 is 0. The number of carbonyl (C=O) groups excluding carboxylic acids is 2. The standard InChI is InChI=1S/C11H13N3O4/c1-14(6-9(12)15)11(18)13-8-4-2-7(3-5-8)10(16)17/h2-5H,6H2,1H3,(H2,12,15)(H,13,18)(H,16,17). The molecule has 7 heteroatoms. The number of carboxylic acid groups (broad SMARTS) is 1. The smallest absolute Gasteiger partial charge is 0.335 e. The Bertz CT molecular complexity index is 470. The van der Waals surface area contributed by atoms with Crippen LogP contribution < -0.4 is 11.1 Å². The second-order valence-electron chi connectivity index (χ2n) is 3.64. The summed E-state index contributed by atoms with van der Waals surface area (Å²) in [6.07, 6.45) is 0. The van der Waals surface area contributed by atoms with Gasteiger partial charge in [0.2, 0.25) is 5.91 Å². The topological polar surface area (TPSA) is 113 Å². The van der Waals surface area contributed by atoms with Crippen molar-refractivity contribution in [2.45, 2.75) is 0 Å². The van der Waals surface area contributed by atoms with Gasteiger partial charge in [-0.05, 0) is 24.3 Å². The number of primary amides is 1. The van der Waals surface area contributed by atoms with Crippen LogP contribution in [0.4, 0.5) is 10.5 Å². The Hall–Kier alpha value is -2.57. The maximum atomic E-state index is 11.6. The molecular formula is C11H13N3O4. The fourth-order valence-corrected chi connectivity index (χ4v) is 1.22. The van der Waals surface area contributed by atoms with Crippen LogP contribution in [0.2, 0.25) is 0 Å². The number of carboxylic acids is 1. The summed E-state index contributed by atoms with van der Waals surface area (Å²) in [6, 6.07) is 5.15. The first kappa shape index (κ1) is 13.5. The van der Waals surface area contributed by atoms with Crippen molar-refractivity contribution < 1.29 is 19.5 Å². The van der Waals surface area contributed by atoms with Gasteiger partial charge >= 0.3 is 12.0 Å². The lowest BCUT2D eigenvalue weighted by Gasteiger charge is -2.15. The van der Waals surface area contributed by atoms with Gasteiger partial charge < -0.3 is 21.1 Å². The Morgan fingerprint density at radius 3 is 2.28 bits per heavy atom. The van der Waals surface area contributed by atoms with Gasteiger partial charge in [0.25, 0.3) is 0 Å². The highest BCUT2D eigenvalue weighted by atomic mass is 16.4. The van der Waals surface area contributed by atoms with Crippen LogP contribution >= 0.6 is 0 Å². The second kappa shape index (κ2) is 5.67. The van der Waals surface area contributed by atoms with Gasteiger partial charge in [0, 0.05) is 12.7 Å². The van der Waals surface area contributed by atoms with Gasteiger partial charge in [0.15, 0.2) is 0 Å². The first-order chi connectivity index (χ1) is 8.40. The number of amides is 3. The number of hydrogen-bond acceptors (Lipinski definition) is 3. The molecule has 0 fully saturated rings. The van der Waals surface area contributed by atoms with E-state index in [4.69, 9.17) is 10.8 Å². The zero-order chi connectivity index (χ0) is 13.7. The first-order valence-corrected chi connectivity index (χ1v) is 5.04. The predicted octanol–water partition coefficient (Wildman–Crippen LogP) is 0.334. The van der Waals surface area contributed by atoms with E-state index in [1.807, 2.05) is 0 Å². The molecule has 4 N–H and O–H groups in total. The number of benzene rings is 1. The van der Waals surface area contributed by atoms with Crippen molar-refractivity contribution in [3.05, 3.63) is 29.8 Å². The SMILES string of the molecule is CN(CC(N)=O)C(=O)Nc1ccc(C(=O)O)cc1. The molecule has 0 aliphatic heterocycles. The van der Waals surface area contributed by atoms with E-state index >= 15 is 0 Å². The largest absolute Gasteiger partial charge is 0.478 e. The third-order valence-corrected chi connectivity index (χ3v) is 2.12. The van der Waals surface area contributed by atoms with Crippen molar-refractivity contribution in [1.82, 2.24) is 4.90 Å². The minimum Gasteiger partial charge on any atom is -0.478 e. The molecule has 0 aliphatic carbocycles. The Kier molecular flexibility index (Phi) is 4.25. The lowest BCUT2D eigenvalue weighted by Crippen LogP contribution is -2.38. The Morgan fingerprint density at radius 1 is 1.28 bits per heavy atom. The van der Waals surface area contributed by atoms with Gasteiger partial charge in [0.05, 0.1) is 5.56 Å². The van der Waals surface area contributed by atoms with Crippen molar-refractivity contribution in [1.29, 1.82) is 0 Å². The molecule has 0 atom stereocenters. The highest BCUT2D eigenvalue weighted by Crippen LogP contribution is 2.10. The molecule has 96 valence electrons. The molecule has 1 aromatic rings. The number of aromatic carboxylic acids is 1. The lowest BCUT2D eigenvalue weighted by molar-refractivity contribution is -0.118. The fraction of sp³-hybridized carbons (Fsp3) is 0.182. The van der Waals surface area contributed by atoms with Crippen molar-refractivity contribution >= 4 is 23.6 Å². The predicted molar refractivity (Wildman–Crippen MR) is 64.2 cm³/mol.